The van der Waals surface area contributed by atoms with Crippen LogP contribution < -0.4 is 5.73 Å². The van der Waals surface area contributed by atoms with Gasteiger partial charge in [0.2, 0.25) is 0 Å². The fourth-order valence-electron chi connectivity index (χ4n) is 0.579. The molecule has 0 saturated heterocycles. The molecule has 1 atom stereocenters. The van der Waals surface area contributed by atoms with Crippen molar-refractivity contribution in [1.82, 2.24) is 0 Å². The van der Waals surface area contributed by atoms with Crippen LogP contribution in [0.3, 0.4) is 0 Å². The molecule has 0 heterocycles. The van der Waals surface area contributed by atoms with E-state index in [-0.39, 0.29) is 11.8 Å². The molecule has 11 heavy (non-hydrogen) atoms. The first-order valence-corrected chi connectivity index (χ1v) is 3.67. The molecule has 3 heteroatoms. The van der Waals surface area contributed by atoms with Crippen LogP contribution in [0.1, 0.15) is 34.1 Å². The Morgan fingerprint density at radius 1 is 1.36 bits per heavy atom. The second-order valence-electron chi connectivity index (χ2n) is 4.24. The second-order valence-corrected chi connectivity index (χ2v) is 4.24. The highest BCUT2D eigenvalue weighted by Gasteiger charge is 2.35. The third kappa shape index (κ3) is 2.89. The Balaban J connectivity index is 4.34. The van der Waals surface area contributed by atoms with Crippen molar-refractivity contribution in [2.45, 2.75) is 39.7 Å². The van der Waals surface area contributed by atoms with Crippen LogP contribution in [0.4, 0.5) is 0 Å². The molecule has 0 bridgehead atoms. The summed E-state index contributed by atoms with van der Waals surface area (Å²) in [6.07, 6.45) is 0.0104. The maximum absolute atomic E-state index is 10.4. The smallest absolute Gasteiger partial charge is 0.305 e. The van der Waals surface area contributed by atoms with Gasteiger partial charge in [0.1, 0.15) is 0 Å². The van der Waals surface area contributed by atoms with Gasteiger partial charge in [0.15, 0.2) is 0 Å². The van der Waals surface area contributed by atoms with Crippen LogP contribution >= 0.6 is 0 Å². The van der Waals surface area contributed by atoms with E-state index in [1.165, 1.54) is 0 Å². The van der Waals surface area contributed by atoms with Crippen molar-refractivity contribution in [2.75, 3.05) is 0 Å². The summed E-state index contributed by atoms with van der Waals surface area (Å²) in [5, 5.41) is 8.53. The highest BCUT2D eigenvalue weighted by Crippen LogP contribution is 2.30. The molecule has 0 unspecified atom stereocenters. The number of hydrogen-bond acceptors (Lipinski definition) is 2. The highest BCUT2D eigenvalue weighted by atomic mass is 16.4. The lowest BCUT2D eigenvalue weighted by Crippen LogP contribution is -2.50. The Hall–Kier alpha value is -0.570. The first kappa shape index (κ1) is 10.4. The zero-order chi connectivity index (χ0) is 9.28. The fourth-order valence-corrected chi connectivity index (χ4v) is 0.579. The van der Waals surface area contributed by atoms with E-state index < -0.39 is 11.5 Å². The lowest BCUT2D eigenvalue weighted by atomic mass is 9.74. The van der Waals surface area contributed by atoms with Gasteiger partial charge in [-0.05, 0) is 12.3 Å². The predicted molar refractivity (Wildman–Crippen MR) is 44.3 cm³/mol. The zero-order valence-electron chi connectivity index (χ0n) is 7.64. The van der Waals surface area contributed by atoms with E-state index in [2.05, 4.69) is 0 Å². The molecule has 0 radical (unpaired) electrons. The van der Waals surface area contributed by atoms with Crippen molar-refractivity contribution in [3.63, 3.8) is 0 Å². The first-order chi connectivity index (χ1) is 4.67. The van der Waals surface area contributed by atoms with Crippen LogP contribution in [0.5, 0.6) is 0 Å². The average molecular weight is 159 g/mol. The summed E-state index contributed by atoms with van der Waals surface area (Å²) in [5.74, 6) is -0.843. The van der Waals surface area contributed by atoms with Gasteiger partial charge in [-0.1, -0.05) is 20.8 Å². The van der Waals surface area contributed by atoms with Gasteiger partial charge in [-0.15, -0.1) is 0 Å². The van der Waals surface area contributed by atoms with Gasteiger partial charge in [0.05, 0.1) is 6.42 Å². The van der Waals surface area contributed by atoms with Gasteiger partial charge in [-0.25, -0.2) is 0 Å². The monoisotopic (exact) mass is 159 g/mol. The molecule has 0 aliphatic carbocycles. The van der Waals surface area contributed by atoms with Crippen LogP contribution in [0.25, 0.3) is 0 Å². The quantitative estimate of drug-likeness (QED) is 0.636. The number of carbonyl (C=O) groups is 1. The van der Waals surface area contributed by atoms with Crippen LogP contribution in [-0.4, -0.2) is 16.6 Å². The molecule has 0 aromatic heterocycles. The van der Waals surface area contributed by atoms with Crippen molar-refractivity contribution in [1.29, 1.82) is 0 Å². The molecule has 3 N–H and O–H groups in total. The van der Waals surface area contributed by atoms with Gasteiger partial charge in [-0.3, -0.25) is 4.79 Å². The fraction of sp³-hybridized carbons (Fsp3) is 0.875. The van der Waals surface area contributed by atoms with Crippen LogP contribution in [0.15, 0.2) is 0 Å². The van der Waals surface area contributed by atoms with Crippen molar-refractivity contribution >= 4 is 5.97 Å². The lowest BCUT2D eigenvalue weighted by molar-refractivity contribution is -0.139. The summed E-state index contributed by atoms with van der Waals surface area (Å²) in [6.45, 7) is 7.59. The van der Waals surface area contributed by atoms with Gasteiger partial charge < -0.3 is 10.8 Å². The Morgan fingerprint density at radius 2 is 1.73 bits per heavy atom. The molecular weight excluding hydrogens is 142 g/mol. The normalized spacial score (nSPS) is 17.5. The summed E-state index contributed by atoms with van der Waals surface area (Å²) in [6, 6.07) is 0. The molecule has 0 aromatic rings. The summed E-state index contributed by atoms with van der Waals surface area (Å²) in [5.41, 5.74) is 5.00. The molecule has 0 saturated carbocycles. The molecule has 0 spiro atoms. The minimum atomic E-state index is -0.843. The number of carboxylic acids is 1. The Morgan fingerprint density at radius 3 is 1.82 bits per heavy atom. The third-order valence-electron chi connectivity index (χ3n) is 2.23. The maximum Gasteiger partial charge on any atom is 0.305 e. The summed E-state index contributed by atoms with van der Waals surface area (Å²) >= 11 is 0. The minimum Gasteiger partial charge on any atom is -0.481 e. The van der Waals surface area contributed by atoms with Crippen LogP contribution in [-0.2, 0) is 4.79 Å². The predicted octanol–water partition coefficient (Wildman–Crippen LogP) is 1.22. The Kier molecular flexibility index (Phi) is 2.67. The lowest BCUT2D eigenvalue weighted by Gasteiger charge is -2.37. The molecule has 0 amide bonds. The summed E-state index contributed by atoms with van der Waals surface area (Å²) < 4.78 is 0. The molecule has 3 nitrogen and oxygen atoms in total. The number of aliphatic carboxylic acids is 1. The largest absolute Gasteiger partial charge is 0.481 e. The van der Waals surface area contributed by atoms with Crippen molar-refractivity contribution in [3.05, 3.63) is 0 Å². The second kappa shape index (κ2) is 2.81. The van der Waals surface area contributed by atoms with Gasteiger partial charge in [0, 0.05) is 5.54 Å². The minimum absolute atomic E-state index is 0.0104. The molecule has 0 aromatic carbocycles. The molecule has 66 valence electrons. The van der Waals surface area contributed by atoms with Gasteiger partial charge >= 0.3 is 5.97 Å². The average Bonchev–Trinajstić information content (AvgIpc) is 1.56. The van der Waals surface area contributed by atoms with Gasteiger partial charge in [-0.2, -0.15) is 0 Å². The van der Waals surface area contributed by atoms with Crippen molar-refractivity contribution < 1.29 is 9.90 Å². The van der Waals surface area contributed by atoms with E-state index in [4.69, 9.17) is 10.8 Å². The first-order valence-electron chi connectivity index (χ1n) is 3.67. The van der Waals surface area contributed by atoms with Crippen molar-refractivity contribution in [3.8, 4) is 0 Å². The molecule has 0 rings (SSSR count). The highest BCUT2D eigenvalue weighted by molar-refractivity contribution is 5.68. The number of hydrogen-bond donors (Lipinski definition) is 2. The Bertz CT molecular complexity index is 156. The maximum atomic E-state index is 10.4. The standard InChI is InChI=1S/C8H17NO2/c1-7(2,3)8(4,9)5-6(10)11/h5,9H2,1-4H3,(H,10,11)/t8-/m1/s1. The van der Waals surface area contributed by atoms with E-state index >= 15 is 0 Å². The molecule has 0 fully saturated rings. The Labute approximate surface area is 67.6 Å². The number of carboxylic acid groups (broad SMARTS) is 1. The van der Waals surface area contributed by atoms with E-state index in [0.29, 0.717) is 0 Å². The summed E-state index contributed by atoms with van der Waals surface area (Å²) in [4.78, 5) is 10.4. The van der Waals surface area contributed by atoms with Gasteiger partial charge in [0.25, 0.3) is 0 Å². The van der Waals surface area contributed by atoms with E-state index in [0.717, 1.165) is 0 Å². The molecular formula is C8H17NO2. The van der Waals surface area contributed by atoms with Crippen molar-refractivity contribution in [2.24, 2.45) is 11.1 Å². The van der Waals surface area contributed by atoms with E-state index in [1.54, 1.807) is 6.92 Å². The van der Waals surface area contributed by atoms with Crippen LogP contribution in [0.2, 0.25) is 0 Å². The number of rotatable bonds is 2. The summed E-state index contributed by atoms with van der Waals surface area (Å²) in [7, 11) is 0. The third-order valence-corrected chi connectivity index (χ3v) is 2.23. The van der Waals surface area contributed by atoms with Crippen LogP contribution in [0, 0.1) is 5.41 Å². The van der Waals surface area contributed by atoms with E-state index in [1.807, 2.05) is 20.8 Å². The topological polar surface area (TPSA) is 63.3 Å². The molecule has 0 aliphatic rings. The zero-order valence-corrected chi connectivity index (χ0v) is 7.64. The SMILES string of the molecule is CC(C)(C)[C@](C)(N)CC(=O)O. The van der Waals surface area contributed by atoms with E-state index in [9.17, 15) is 4.79 Å². The number of nitrogens with two attached hydrogens (primary N) is 1. The molecule has 0 aliphatic heterocycles.